The van der Waals surface area contributed by atoms with E-state index >= 15 is 0 Å². The minimum atomic E-state index is -4.19. The van der Waals surface area contributed by atoms with Crippen molar-refractivity contribution < 1.29 is 17.9 Å². The van der Waals surface area contributed by atoms with Gasteiger partial charge in [-0.2, -0.15) is 22.6 Å². The van der Waals surface area contributed by atoms with E-state index in [4.69, 9.17) is 4.74 Å². The number of nitrogens with zero attached hydrogens (tertiary/aromatic N) is 4. The van der Waals surface area contributed by atoms with Crippen molar-refractivity contribution in [2.75, 3.05) is 17.9 Å². The average molecular weight is 483 g/mol. The first-order chi connectivity index (χ1) is 15.5. The Balaban J connectivity index is 1.38. The number of H-pyrrole nitrogens is 1. The van der Waals surface area contributed by atoms with Crippen molar-refractivity contribution >= 4 is 28.6 Å². The summed E-state index contributed by atoms with van der Waals surface area (Å²) in [4.78, 5) is 7.24. The van der Waals surface area contributed by atoms with Crippen LogP contribution in [0.3, 0.4) is 0 Å². The van der Waals surface area contributed by atoms with Gasteiger partial charge in [-0.1, -0.05) is 6.07 Å². The highest BCUT2D eigenvalue weighted by Crippen LogP contribution is 2.48. The van der Waals surface area contributed by atoms with Crippen LogP contribution in [0.4, 0.5) is 18.3 Å². The zero-order valence-electron chi connectivity index (χ0n) is 16.9. The molecule has 1 fully saturated rings. The number of hydrogen-bond acceptors (Lipinski definition) is 8. The summed E-state index contributed by atoms with van der Waals surface area (Å²) in [6, 6.07) is 7.36. The Morgan fingerprint density at radius 3 is 2.88 bits per heavy atom. The molecule has 170 valence electrons. The molecule has 0 spiro atoms. The number of fused-ring (bicyclic) bond motifs is 1. The molecule has 2 N–H and O–H groups in total. The lowest BCUT2D eigenvalue weighted by molar-refractivity contribution is -0.192. The fourth-order valence-corrected chi connectivity index (χ4v) is 5.61. The molecule has 4 heterocycles. The molecule has 7 nitrogen and oxygen atoms in total. The lowest BCUT2D eigenvalue weighted by Gasteiger charge is -2.45. The number of aromatic amines is 1. The Morgan fingerprint density at radius 1 is 1.22 bits per heavy atom. The first-order valence-electron chi connectivity index (χ1n) is 10.3. The van der Waals surface area contributed by atoms with Gasteiger partial charge in [0.1, 0.15) is 12.1 Å². The van der Waals surface area contributed by atoms with Gasteiger partial charge < -0.3 is 9.46 Å². The second kappa shape index (κ2) is 8.91. The zero-order valence-corrected chi connectivity index (χ0v) is 18.5. The molecule has 0 saturated carbocycles. The van der Waals surface area contributed by atoms with Gasteiger partial charge in [0.25, 0.3) is 0 Å². The van der Waals surface area contributed by atoms with Crippen LogP contribution < -0.4 is 9.46 Å². The van der Waals surface area contributed by atoms with Gasteiger partial charge in [-0.25, -0.2) is 4.98 Å². The third-order valence-corrected chi connectivity index (χ3v) is 7.49. The van der Waals surface area contributed by atoms with Gasteiger partial charge >= 0.3 is 6.18 Å². The molecule has 12 heteroatoms. The molecule has 2 aliphatic rings. The van der Waals surface area contributed by atoms with Crippen LogP contribution in [0.25, 0.3) is 0 Å². The van der Waals surface area contributed by atoms with Gasteiger partial charge in [-0.3, -0.25) is 10.00 Å². The van der Waals surface area contributed by atoms with Crippen molar-refractivity contribution in [1.82, 2.24) is 24.5 Å². The summed E-state index contributed by atoms with van der Waals surface area (Å²) >= 11 is 2.69. The molecule has 0 bridgehead atoms. The van der Waals surface area contributed by atoms with E-state index in [1.54, 1.807) is 12.3 Å². The van der Waals surface area contributed by atoms with E-state index in [0.717, 1.165) is 28.3 Å². The molecule has 3 unspecified atom stereocenters. The van der Waals surface area contributed by atoms with Crippen LogP contribution in [0.2, 0.25) is 0 Å². The number of likely N-dealkylation sites (tertiary alicyclic amines) is 1. The highest BCUT2D eigenvalue weighted by atomic mass is 32.2. The molecule has 32 heavy (non-hydrogen) atoms. The maximum Gasteiger partial charge on any atom is 0.391 e. The number of piperidine rings is 1. The third-order valence-electron chi connectivity index (χ3n) is 6.00. The topological polar surface area (TPSA) is 79.0 Å². The molecule has 2 aromatic heterocycles. The van der Waals surface area contributed by atoms with Crippen molar-refractivity contribution in [3.63, 3.8) is 0 Å². The van der Waals surface area contributed by atoms with Crippen LogP contribution in [0.1, 0.15) is 42.6 Å². The number of nitrogens with one attached hydrogen (secondary N) is 2. The summed E-state index contributed by atoms with van der Waals surface area (Å²) < 4.78 is 53.5. The molecule has 0 radical (unpaired) electrons. The van der Waals surface area contributed by atoms with Crippen molar-refractivity contribution in [3.8, 4) is 5.75 Å². The van der Waals surface area contributed by atoms with Gasteiger partial charge in [0.05, 0.1) is 24.3 Å². The molecular formula is C20H21F3N6OS2. The monoisotopic (exact) mass is 482 g/mol. The maximum absolute atomic E-state index is 13.5. The molecule has 5 rings (SSSR count). The summed E-state index contributed by atoms with van der Waals surface area (Å²) in [5, 5.41) is 7.59. The van der Waals surface area contributed by atoms with Crippen molar-refractivity contribution in [1.29, 1.82) is 0 Å². The highest BCUT2D eigenvalue weighted by Gasteiger charge is 2.46. The standard InChI is InChI=1S/C20H21F3N6OS2/c21-20(22,23)12-4-7-29(17(9-12)15-3-6-25-27-15)16-5-8-30-18-10-13(1-2-14(16)18)31-28-19-24-11-26-32-19/h1-3,6,10-12,16-17H,4-5,7-9H2,(H,25,27)(H,24,26,28). The van der Waals surface area contributed by atoms with E-state index in [2.05, 4.69) is 29.2 Å². The predicted molar refractivity (Wildman–Crippen MR) is 115 cm³/mol. The normalized spacial score (nSPS) is 24.0. The molecular weight excluding hydrogens is 461 g/mol. The predicted octanol–water partition coefficient (Wildman–Crippen LogP) is 5.22. The van der Waals surface area contributed by atoms with E-state index in [9.17, 15) is 13.2 Å². The summed E-state index contributed by atoms with van der Waals surface area (Å²) in [5.41, 5.74) is 1.73. The van der Waals surface area contributed by atoms with Gasteiger partial charge in [-0.15, -0.1) is 0 Å². The van der Waals surface area contributed by atoms with Crippen molar-refractivity contribution in [3.05, 3.63) is 48.0 Å². The number of ether oxygens (including phenoxy) is 1. The minimum absolute atomic E-state index is 0.0172. The van der Waals surface area contributed by atoms with E-state index in [-0.39, 0.29) is 24.9 Å². The Hall–Kier alpha value is -2.31. The Bertz CT molecular complexity index is 1030. The Labute approximate surface area is 191 Å². The van der Waals surface area contributed by atoms with Crippen LogP contribution in [-0.2, 0) is 0 Å². The van der Waals surface area contributed by atoms with Crippen molar-refractivity contribution in [2.24, 2.45) is 5.92 Å². The maximum atomic E-state index is 13.5. The second-order valence-corrected chi connectivity index (χ2v) is 9.49. The van der Waals surface area contributed by atoms with Gasteiger partial charge in [0.15, 0.2) is 0 Å². The van der Waals surface area contributed by atoms with Gasteiger partial charge in [0, 0.05) is 47.2 Å². The Morgan fingerprint density at radius 2 is 2.12 bits per heavy atom. The number of halogens is 3. The molecule has 0 aliphatic carbocycles. The number of alkyl halides is 3. The summed E-state index contributed by atoms with van der Waals surface area (Å²) in [7, 11) is 0. The number of benzene rings is 1. The fraction of sp³-hybridized carbons (Fsp3) is 0.450. The fourth-order valence-electron chi connectivity index (χ4n) is 4.49. The summed E-state index contributed by atoms with van der Waals surface area (Å²) in [6.07, 6.45) is -0.254. The Kier molecular flexibility index (Phi) is 5.99. The SMILES string of the molecule is FC(F)(F)C1CCN(C2CCOc3cc(SNc4ncns4)ccc32)C(c2ccn[nH]2)C1. The summed E-state index contributed by atoms with van der Waals surface area (Å²) in [6.45, 7) is 0.886. The average Bonchev–Trinajstić information content (AvgIpc) is 3.50. The van der Waals surface area contributed by atoms with Gasteiger partial charge in [-0.05, 0) is 43.0 Å². The third kappa shape index (κ3) is 4.44. The zero-order chi connectivity index (χ0) is 22.1. The van der Waals surface area contributed by atoms with Crippen LogP contribution in [0, 0.1) is 5.92 Å². The quantitative estimate of drug-likeness (QED) is 0.483. The molecule has 2 aliphatic heterocycles. The second-order valence-electron chi connectivity index (χ2n) is 7.83. The smallest absolute Gasteiger partial charge is 0.391 e. The lowest BCUT2D eigenvalue weighted by Crippen LogP contribution is -2.44. The molecule has 0 amide bonds. The minimum Gasteiger partial charge on any atom is -0.493 e. The molecule has 3 atom stereocenters. The number of hydrogen-bond donors (Lipinski definition) is 2. The summed E-state index contributed by atoms with van der Waals surface area (Å²) in [5.74, 6) is -0.539. The van der Waals surface area contributed by atoms with E-state index in [0.29, 0.717) is 18.3 Å². The largest absolute Gasteiger partial charge is 0.493 e. The first-order valence-corrected chi connectivity index (χ1v) is 11.9. The molecule has 1 saturated heterocycles. The van der Waals surface area contributed by atoms with Crippen LogP contribution in [0.15, 0.2) is 41.7 Å². The van der Waals surface area contributed by atoms with E-state index in [1.165, 1.54) is 29.8 Å². The first kappa shape index (κ1) is 21.5. The molecule has 1 aromatic carbocycles. The van der Waals surface area contributed by atoms with E-state index < -0.39 is 12.1 Å². The lowest BCUT2D eigenvalue weighted by atomic mass is 9.85. The van der Waals surface area contributed by atoms with E-state index in [1.807, 2.05) is 18.2 Å². The number of aromatic nitrogens is 4. The van der Waals surface area contributed by atoms with Crippen LogP contribution in [0.5, 0.6) is 5.75 Å². The van der Waals surface area contributed by atoms with Gasteiger partial charge in [0.2, 0.25) is 5.13 Å². The molecule has 3 aromatic rings. The van der Waals surface area contributed by atoms with Crippen LogP contribution in [-0.4, -0.2) is 43.8 Å². The number of anilines is 1. The van der Waals surface area contributed by atoms with Crippen LogP contribution >= 0.6 is 23.5 Å². The highest BCUT2D eigenvalue weighted by molar-refractivity contribution is 8.00. The number of rotatable bonds is 5. The van der Waals surface area contributed by atoms with Crippen molar-refractivity contribution in [2.45, 2.75) is 42.4 Å².